The van der Waals surface area contributed by atoms with Crippen LogP contribution < -0.4 is 11.1 Å². The first-order valence-corrected chi connectivity index (χ1v) is 12.1. The van der Waals surface area contributed by atoms with Crippen molar-refractivity contribution in [3.63, 3.8) is 0 Å². The van der Waals surface area contributed by atoms with Crippen molar-refractivity contribution < 1.29 is 14.0 Å². The SMILES string of the molecule is CN(C1CC1)C(c1ccccc1)c1ccc(F)c(NC(=O)c2cc(C(N)=O)nn2-c2cccc(C#N)c2)c1. The molecule has 4 aromatic rings. The smallest absolute Gasteiger partial charge is 0.274 e. The highest BCUT2D eigenvalue weighted by Crippen LogP contribution is 2.37. The van der Waals surface area contributed by atoms with Gasteiger partial charge < -0.3 is 11.1 Å². The number of amides is 2. The number of anilines is 1. The summed E-state index contributed by atoms with van der Waals surface area (Å²) in [5, 5.41) is 16.0. The molecule has 1 aromatic heterocycles. The molecular formula is C29H25FN6O2. The maximum atomic E-state index is 15.0. The molecule has 0 aliphatic heterocycles. The number of primary amides is 1. The first-order valence-electron chi connectivity index (χ1n) is 12.1. The summed E-state index contributed by atoms with van der Waals surface area (Å²) < 4.78 is 16.2. The lowest BCUT2D eigenvalue weighted by molar-refractivity contribution is 0.0993. The monoisotopic (exact) mass is 508 g/mol. The van der Waals surface area contributed by atoms with Gasteiger partial charge >= 0.3 is 0 Å². The zero-order chi connectivity index (χ0) is 26.8. The van der Waals surface area contributed by atoms with E-state index in [0.29, 0.717) is 17.3 Å². The van der Waals surface area contributed by atoms with E-state index in [1.54, 1.807) is 30.3 Å². The van der Waals surface area contributed by atoms with E-state index in [-0.39, 0.29) is 23.1 Å². The minimum Gasteiger partial charge on any atom is -0.364 e. The van der Waals surface area contributed by atoms with Gasteiger partial charge in [0, 0.05) is 12.1 Å². The molecule has 1 heterocycles. The largest absolute Gasteiger partial charge is 0.364 e. The molecule has 1 aliphatic rings. The number of hydrogen-bond donors (Lipinski definition) is 2. The van der Waals surface area contributed by atoms with Crippen molar-refractivity contribution in [3.8, 4) is 11.8 Å². The van der Waals surface area contributed by atoms with E-state index in [0.717, 1.165) is 24.0 Å². The van der Waals surface area contributed by atoms with Crippen molar-refractivity contribution in [1.29, 1.82) is 5.26 Å². The topological polar surface area (TPSA) is 117 Å². The minimum atomic E-state index is -0.823. The summed E-state index contributed by atoms with van der Waals surface area (Å²) in [7, 11) is 2.05. The van der Waals surface area contributed by atoms with E-state index in [1.807, 2.05) is 36.4 Å². The Hall–Kier alpha value is -4.81. The highest BCUT2D eigenvalue weighted by molar-refractivity contribution is 6.05. The molecule has 0 bridgehead atoms. The average molecular weight is 509 g/mol. The number of halogens is 1. The molecule has 2 amide bonds. The maximum Gasteiger partial charge on any atom is 0.274 e. The van der Waals surface area contributed by atoms with Crippen LogP contribution in [0.2, 0.25) is 0 Å². The first-order chi connectivity index (χ1) is 18.4. The zero-order valence-corrected chi connectivity index (χ0v) is 20.6. The van der Waals surface area contributed by atoms with Crippen LogP contribution in [-0.2, 0) is 0 Å². The Morgan fingerprint density at radius 3 is 2.53 bits per heavy atom. The van der Waals surface area contributed by atoms with Crippen molar-refractivity contribution in [2.24, 2.45) is 5.73 Å². The van der Waals surface area contributed by atoms with Gasteiger partial charge in [0.05, 0.1) is 29.0 Å². The second-order valence-electron chi connectivity index (χ2n) is 9.26. The molecule has 1 aliphatic carbocycles. The third-order valence-corrected chi connectivity index (χ3v) is 6.61. The highest BCUT2D eigenvalue weighted by atomic mass is 19.1. The third-order valence-electron chi connectivity index (χ3n) is 6.61. The summed E-state index contributed by atoms with van der Waals surface area (Å²) in [4.78, 5) is 27.5. The summed E-state index contributed by atoms with van der Waals surface area (Å²) in [5.41, 5.74) is 7.85. The number of nitrogens with two attached hydrogens (primary N) is 1. The lowest BCUT2D eigenvalue weighted by Gasteiger charge is -2.29. The predicted octanol–water partition coefficient (Wildman–Crippen LogP) is 4.42. The number of rotatable bonds is 8. The lowest BCUT2D eigenvalue weighted by atomic mass is 9.96. The Balaban J connectivity index is 1.51. The number of benzene rings is 3. The van der Waals surface area contributed by atoms with Crippen molar-refractivity contribution in [2.45, 2.75) is 24.9 Å². The van der Waals surface area contributed by atoms with E-state index in [9.17, 15) is 19.2 Å². The molecule has 0 saturated heterocycles. The quantitative estimate of drug-likeness (QED) is 0.365. The average Bonchev–Trinajstić information content (AvgIpc) is 3.68. The standard InChI is InChI=1S/C29H25FN6O2/c1-35(21-11-12-21)27(19-7-3-2-4-8-19)20-10-13-23(30)24(15-20)33-29(38)26-16-25(28(32)37)34-36(26)22-9-5-6-18(14-22)17-31/h2-10,13-16,21,27H,11-12H2,1H3,(H2,32,37)(H,33,38). The van der Waals surface area contributed by atoms with Crippen molar-refractivity contribution in [1.82, 2.24) is 14.7 Å². The van der Waals surface area contributed by atoms with E-state index < -0.39 is 17.6 Å². The van der Waals surface area contributed by atoms with Crippen LogP contribution in [0.3, 0.4) is 0 Å². The molecule has 38 heavy (non-hydrogen) atoms. The fourth-order valence-corrected chi connectivity index (χ4v) is 4.55. The van der Waals surface area contributed by atoms with E-state index >= 15 is 0 Å². The fraction of sp³-hybridized carbons (Fsp3) is 0.172. The van der Waals surface area contributed by atoms with Crippen molar-refractivity contribution >= 4 is 17.5 Å². The van der Waals surface area contributed by atoms with E-state index in [2.05, 4.69) is 22.4 Å². The van der Waals surface area contributed by atoms with Crippen LogP contribution in [-0.4, -0.2) is 39.6 Å². The summed E-state index contributed by atoms with van der Waals surface area (Å²) in [6.07, 6.45) is 2.20. The van der Waals surface area contributed by atoms with Gasteiger partial charge in [-0.15, -0.1) is 0 Å². The summed E-state index contributed by atoms with van der Waals surface area (Å²) in [6, 6.07) is 24.6. The first kappa shape index (κ1) is 24.9. The van der Waals surface area contributed by atoms with Gasteiger partial charge in [0.15, 0.2) is 5.69 Å². The van der Waals surface area contributed by atoms with E-state index in [1.165, 1.54) is 22.9 Å². The molecule has 0 radical (unpaired) electrons. The molecule has 1 fully saturated rings. The van der Waals surface area contributed by atoms with Crippen LogP contribution in [0.5, 0.6) is 0 Å². The van der Waals surface area contributed by atoms with Crippen LogP contribution in [0.4, 0.5) is 10.1 Å². The molecule has 1 atom stereocenters. The summed E-state index contributed by atoms with van der Waals surface area (Å²) in [6.45, 7) is 0. The fourth-order valence-electron chi connectivity index (χ4n) is 4.55. The van der Waals surface area contributed by atoms with Crippen LogP contribution in [0.15, 0.2) is 78.9 Å². The van der Waals surface area contributed by atoms with Gasteiger partial charge in [-0.25, -0.2) is 9.07 Å². The van der Waals surface area contributed by atoms with Gasteiger partial charge in [-0.05, 0) is 61.3 Å². The van der Waals surface area contributed by atoms with Gasteiger partial charge in [0.25, 0.3) is 11.8 Å². The van der Waals surface area contributed by atoms with Gasteiger partial charge in [0.2, 0.25) is 0 Å². The number of carbonyl (C=O) groups excluding carboxylic acids is 2. The Kier molecular flexibility index (Phi) is 6.73. The maximum absolute atomic E-state index is 15.0. The van der Waals surface area contributed by atoms with Gasteiger partial charge in [0.1, 0.15) is 11.5 Å². The number of nitrogens with zero attached hydrogens (tertiary/aromatic N) is 4. The Bertz CT molecular complexity index is 1560. The Morgan fingerprint density at radius 1 is 1.08 bits per heavy atom. The van der Waals surface area contributed by atoms with Crippen LogP contribution >= 0.6 is 0 Å². The van der Waals surface area contributed by atoms with Gasteiger partial charge in [-0.2, -0.15) is 10.4 Å². The number of nitrogens with one attached hydrogen (secondary N) is 1. The zero-order valence-electron chi connectivity index (χ0n) is 20.6. The molecular weight excluding hydrogens is 483 g/mol. The molecule has 3 aromatic carbocycles. The van der Waals surface area contributed by atoms with E-state index in [4.69, 9.17) is 5.73 Å². The van der Waals surface area contributed by atoms with Crippen molar-refractivity contribution in [3.05, 3.63) is 113 Å². The normalized spacial score (nSPS) is 13.6. The molecule has 3 N–H and O–H groups in total. The number of carbonyl (C=O) groups is 2. The highest BCUT2D eigenvalue weighted by Gasteiger charge is 2.33. The van der Waals surface area contributed by atoms with Gasteiger partial charge in [-0.1, -0.05) is 42.5 Å². The number of nitriles is 1. The molecule has 5 rings (SSSR count). The number of hydrogen-bond acceptors (Lipinski definition) is 5. The molecule has 190 valence electrons. The lowest BCUT2D eigenvalue weighted by Crippen LogP contribution is -2.28. The minimum absolute atomic E-state index is 0.00298. The Morgan fingerprint density at radius 2 is 1.84 bits per heavy atom. The molecule has 1 saturated carbocycles. The second-order valence-corrected chi connectivity index (χ2v) is 9.26. The molecule has 1 unspecified atom stereocenters. The van der Waals surface area contributed by atoms with Crippen LogP contribution in [0, 0.1) is 17.1 Å². The molecule has 8 nitrogen and oxygen atoms in total. The molecule has 9 heteroatoms. The Labute approximate surface area is 219 Å². The van der Waals surface area contributed by atoms with Crippen molar-refractivity contribution in [2.75, 3.05) is 12.4 Å². The predicted molar refractivity (Wildman–Crippen MR) is 140 cm³/mol. The summed E-state index contributed by atoms with van der Waals surface area (Å²) >= 11 is 0. The summed E-state index contributed by atoms with van der Waals surface area (Å²) in [5.74, 6) is -2.11. The van der Waals surface area contributed by atoms with Crippen LogP contribution in [0.1, 0.15) is 56.6 Å². The second kappa shape index (κ2) is 10.3. The number of aromatic nitrogens is 2. The molecule has 0 spiro atoms. The van der Waals surface area contributed by atoms with Crippen LogP contribution in [0.25, 0.3) is 5.69 Å². The third kappa shape index (κ3) is 5.03. The van der Waals surface area contributed by atoms with Gasteiger partial charge in [-0.3, -0.25) is 14.5 Å².